The Morgan fingerprint density at radius 1 is 1.08 bits per heavy atom. The molecule has 0 aliphatic carbocycles. The van der Waals surface area contributed by atoms with Crippen LogP contribution in [-0.2, 0) is 11.2 Å². The summed E-state index contributed by atoms with van der Waals surface area (Å²) in [5, 5.41) is 2.93. The van der Waals surface area contributed by atoms with Crippen LogP contribution >= 0.6 is 0 Å². The quantitative estimate of drug-likeness (QED) is 0.923. The van der Waals surface area contributed by atoms with E-state index < -0.39 is 6.04 Å². The van der Waals surface area contributed by atoms with Gasteiger partial charge in [0.1, 0.15) is 6.04 Å². The van der Waals surface area contributed by atoms with E-state index in [-0.39, 0.29) is 11.8 Å². The summed E-state index contributed by atoms with van der Waals surface area (Å²) < 4.78 is 0. The zero-order chi connectivity index (χ0) is 17.8. The van der Waals surface area contributed by atoms with E-state index in [1.807, 2.05) is 55.5 Å². The van der Waals surface area contributed by atoms with Gasteiger partial charge in [-0.25, -0.2) is 0 Å². The van der Waals surface area contributed by atoms with Crippen LogP contribution in [0.3, 0.4) is 0 Å². The lowest BCUT2D eigenvalue weighted by molar-refractivity contribution is -0.119. The Labute approximate surface area is 148 Å². The number of hydrogen-bond acceptors (Lipinski definition) is 2. The SMILES string of the molecule is CCc1ccc(C(=O)N2CCC[C@H]2C(=O)Nc2ccc(C)cc2)cc1. The lowest BCUT2D eigenvalue weighted by Gasteiger charge is -2.24. The van der Waals surface area contributed by atoms with Crippen molar-refractivity contribution < 1.29 is 9.59 Å². The summed E-state index contributed by atoms with van der Waals surface area (Å²) in [6.07, 6.45) is 2.50. The first-order valence-electron chi connectivity index (χ1n) is 8.86. The highest BCUT2D eigenvalue weighted by molar-refractivity contribution is 6.01. The molecule has 1 saturated heterocycles. The van der Waals surface area contributed by atoms with Crippen LogP contribution in [-0.4, -0.2) is 29.3 Å². The zero-order valence-electron chi connectivity index (χ0n) is 14.8. The Hall–Kier alpha value is -2.62. The van der Waals surface area contributed by atoms with Gasteiger partial charge in [-0.05, 0) is 56.0 Å². The minimum atomic E-state index is -0.403. The first-order chi connectivity index (χ1) is 12.1. The molecule has 130 valence electrons. The van der Waals surface area contributed by atoms with Crippen LogP contribution in [0.5, 0.6) is 0 Å². The van der Waals surface area contributed by atoms with E-state index in [1.165, 1.54) is 5.56 Å². The van der Waals surface area contributed by atoms with Crippen LogP contribution in [0.15, 0.2) is 48.5 Å². The van der Waals surface area contributed by atoms with Crippen molar-refractivity contribution in [2.24, 2.45) is 0 Å². The molecule has 1 aliphatic rings. The summed E-state index contributed by atoms with van der Waals surface area (Å²) in [5.41, 5.74) is 3.76. The monoisotopic (exact) mass is 336 g/mol. The molecule has 2 aromatic carbocycles. The lowest BCUT2D eigenvalue weighted by atomic mass is 10.1. The van der Waals surface area contributed by atoms with Gasteiger partial charge in [0, 0.05) is 17.8 Å². The second-order valence-electron chi connectivity index (χ2n) is 6.56. The van der Waals surface area contributed by atoms with Gasteiger partial charge in [-0.1, -0.05) is 36.8 Å². The zero-order valence-corrected chi connectivity index (χ0v) is 14.8. The molecule has 1 aliphatic heterocycles. The Kier molecular flexibility index (Phi) is 5.17. The van der Waals surface area contributed by atoms with E-state index in [2.05, 4.69) is 12.2 Å². The molecule has 1 heterocycles. The number of benzene rings is 2. The molecule has 0 bridgehead atoms. The first kappa shape index (κ1) is 17.2. The molecule has 1 atom stereocenters. The molecule has 1 fully saturated rings. The molecule has 0 saturated carbocycles. The maximum Gasteiger partial charge on any atom is 0.254 e. The largest absolute Gasteiger partial charge is 0.327 e. The van der Waals surface area contributed by atoms with Crippen molar-refractivity contribution in [2.75, 3.05) is 11.9 Å². The number of nitrogens with one attached hydrogen (secondary N) is 1. The summed E-state index contributed by atoms with van der Waals surface area (Å²) in [5.74, 6) is -0.177. The molecule has 2 amide bonds. The summed E-state index contributed by atoms with van der Waals surface area (Å²) in [6.45, 7) is 4.72. The van der Waals surface area contributed by atoms with Crippen molar-refractivity contribution in [1.29, 1.82) is 0 Å². The van der Waals surface area contributed by atoms with E-state index in [1.54, 1.807) is 4.90 Å². The predicted molar refractivity (Wildman–Crippen MR) is 99.7 cm³/mol. The minimum Gasteiger partial charge on any atom is -0.327 e. The van der Waals surface area contributed by atoms with E-state index in [0.717, 1.165) is 24.1 Å². The van der Waals surface area contributed by atoms with E-state index in [0.29, 0.717) is 18.5 Å². The smallest absolute Gasteiger partial charge is 0.254 e. The van der Waals surface area contributed by atoms with Gasteiger partial charge >= 0.3 is 0 Å². The third-order valence-corrected chi connectivity index (χ3v) is 4.74. The highest BCUT2D eigenvalue weighted by Crippen LogP contribution is 2.22. The second kappa shape index (κ2) is 7.51. The first-order valence-corrected chi connectivity index (χ1v) is 8.86. The minimum absolute atomic E-state index is 0.0655. The molecular weight excluding hydrogens is 312 g/mol. The number of anilines is 1. The third-order valence-electron chi connectivity index (χ3n) is 4.74. The average Bonchev–Trinajstić information content (AvgIpc) is 3.13. The molecule has 0 aromatic heterocycles. The Bertz CT molecular complexity index is 750. The van der Waals surface area contributed by atoms with Gasteiger partial charge in [0.05, 0.1) is 0 Å². The van der Waals surface area contributed by atoms with Gasteiger partial charge < -0.3 is 10.2 Å². The van der Waals surface area contributed by atoms with Crippen LogP contribution in [0.4, 0.5) is 5.69 Å². The number of aryl methyl sites for hydroxylation is 2. The van der Waals surface area contributed by atoms with Crippen LogP contribution in [0.2, 0.25) is 0 Å². The summed E-state index contributed by atoms with van der Waals surface area (Å²) in [7, 11) is 0. The fourth-order valence-corrected chi connectivity index (χ4v) is 3.19. The number of likely N-dealkylation sites (tertiary alicyclic amines) is 1. The van der Waals surface area contributed by atoms with Crippen LogP contribution in [0.25, 0.3) is 0 Å². The molecule has 25 heavy (non-hydrogen) atoms. The van der Waals surface area contributed by atoms with Crippen LogP contribution in [0, 0.1) is 6.92 Å². The van der Waals surface area contributed by atoms with Crippen molar-refractivity contribution in [3.63, 3.8) is 0 Å². The molecule has 0 unspecified atom stereocenters. The average molecular weight is 336 g/mol. The Balaban J connectivity index is 1.71. The number of amides is 2. The fraction of sp³-hybridized carbons (Fsp3) is 0.333. The fourth-order valence-electron chi connectivity index (χ4n) is 3.19. The number of carbonyl (C=O) groups is 2. The van der Waals surface area contributed by atoms with Gasteiger partial charge in [0.2, 0.25) is 5.91 Å². The van der Waals surface area contributed by atoms with Crippen LogP contribution < -0.4 is 5.32 Å². The third kappa shape index (κ3) is 3.90. The molecule has 2 aromatic rings. The highest BCUT2D eigenvalue weighted by atomic mass is 16.2. The second-order valence-corrected chi connectivity index (χ2v) is 6.56. The number of nitrogens with zero attached hydrogens (tertiary/aromatic N) is 1. The van der Waals surface area contributed by atoms with Crippen molar-refractivity contribution >= 4 is 17.5 Å². The van der Waals surface area contributed by atoms with Crippen molar-refractivity contribution in [2.45, 2.75) is 39.2 Å². The summed E-state index contributed by atoms with van der Waals surface area (Å²) in [4.78, 5) is 27.1. The Morgan fingerprint density at radius 3 is 2.40 bits per heavy atom. The van der Waals surface area contributed by atoms with Gasteiger partial charge in [0.25, 0.3) is 5.91 Å². The van der Waals surface area contributed by atoms with Crippen molar-refractivity contribution in [3.8, 4) is 0 Å². The van der Waals surface area contributed by atoms with Crippen molar-refractivity contribution in [3.05, 3.63) is 65.2 Å². The Morgan fingerprint density at radius 2 is 1.76 bits per heavy atom. The molecule has 4 heteroatoms. The molecule has 0 radical (unpaired) electrons. The molecule has 1 N–H and O–H groups in total. The maximum atomic E-state index is 12.8. The lowest BCUT2D eigenvalue weighted by Crippen LogP contribution is -2.43. The topological polar surface area (TPSA) is 49.4 Å². The summed E-state index contributed by atoms with van der Waals surface area (Å²) >= 11 is 0. The molecule has 3 rings (SSSR count). The normalized spacial score (nSPS) is 16.7. The van der Waals surface area contributed by atoms with E-state index in [4.69, 9.17) is 0 Å². The summed E-state index contributed by atoms with van der Waals surface area (Å²) in [6, 6.07) is 15.0. The standard InChI is InChI=1S/C21H24N2O2/c1-3-16-8-10-17(11-9-16)21(25)23-14-4-5-19(23)20(24)22-18-12-6-15(2)7-13-18/h6-13,19H,3-5,14H2,1-2H3,(H,22,24)/t19-/m0/s1. The van der Waals surface area contributed by atoms with E-state index in [9.17, 15) is 9.59 Å². The number of hydrogen-bond donors (Lipinski definition) is 1. The maximum absolute atomic E-state index is 12.8. The van der Waals surface area contributed by atoms with Gasteiger partial charge in [-0.3, -0.25) is 9.59 Å². The van der Waals surface area contributed by atoms with Gasteiger partial charge in [-0.2, -0.15) is 0 Å². The van der Waals surface area contributed by atoms with Crippen LogP contribution in [0.1, 0.15) is 41.3 Å². The molecule has 4 nitrogen and oxygen atoms in total. The van der Waals surface area contributed by atoms with Crippen molar-refractivity contribution in [1.82, 2.24) is 4.90 Å². The van der Waals surface area contributed by atoms with Gasteiger partial charge in [-0.15, -0.1) is 0 Å². The predicted octanol–water partition coefficient (Wildman–Crippen LogP) is 3.80. The number of carbonyl (C=O) groups excluding carboxylic acids is 2. The number of rotatable bonds is 4. The molecular formula is C21H24N2O2. The van der Waals surface area contributed by atoms with Gasteiger partial charge in [0.15, 0.2) is 0 Å². The molecule has 0 spiro atoms. The highest BCUT2D eigenvalue weighted by Gasteiger charge is 2.34. The van der Waals surface area contributed by atoms with E-state index >= 15 is 0 Å².